The standard InChI is InChI=1S/C15H15FN2O2/c16-14-13(11-1-3-12(19)4-2-11)5-6-17-15(14)18-7-9-20-10-8-18/h1-6,19H,7-10H2. The lowest BCUT2D eigenvalue weighted by Gasteiger charge is -2.28. The second-order valence-electron chi connectivity index (χ2n) is 4.64. The fourth-order valence-electron chi connectivity index (χ4n) is 2.29. The van der Waals surface area contributed by atoms with Gasteiger partial charge in [-0.2, -0.15) is 0 Å². The van der Waals surface area contributed by atoms with E-state index in [1.54, 1.807) is 36.5 Å². The number of aromatic hydroxyl groups is 1. The molecule has 1 saturated heterocycles. The molecule has 0 amide bonds. The molecule has 20 heavy (non-hydrogen) atoms. The molecule has 2 aromatic rings. The molecule has 0 saturated carbocycles. The summed E-state index contributed by atoms with van der Waals surface area (Å²) in [6.45, 7) is 2.46. The Morgan fingerprint density at radius 3 is 2.50 bits per heavy atom. The summed E-state index contributed by atoms with van der Waals surface area (Å²) < 4.78 is 19.9. The number of phenolic OH excluding ortho intramolecular Hbond substituents is 1. The molecule has 2 heterocycles. The van der Waals surface area contributed by atoms with Crippen LogP contribution in [-0.4, -0.2) is 36.4 Å². The first-order chi connectivity index (χ1) is 9.75. The zero-order valence-electron chi connectivity index (χ0n) is 10.9. The smallest absolute Gasteiger partial charge is 0.173 e. The van der Waals surface area contributed by atoms with Gasteiger partial charge in [-0.3, -0.25) is 0 Å². The Kier molecular flexibility index (Phi) is 3.52. The molecule has 0 unspecified atom stereocenters. The van der Waals surface area contributed by atoms with Crippen LogP contribution in [0.2, 0.25) is 0 Å². The van der Waals surface area contributed by atoms with Gasteiger partial charge in [0, 0.05) is 24.8 Å². The minimum Gasteiger partial charge on any atom is -0.508 e. The van der Waals surface area contributed by atoms with E-state index in [0.717, 1.165) is 5.56 Å². The molecule has 0 spiro atoms. The van der Waals surface area contributed by atoms with Crippen molar-refractivity contribution in [3.63, 3.8) is 0 Å². The van der Waals surface area contributed by atoms with E-state index < -0.39 is 0 Å². The molecule has 0 aliphatic carbocycles. The van der Waals surface area contributed by atoms with Crippen molar-refractivity contribution in [2.45, 2.75) is 0 Å². The zero-order valence-corrected chi connectivity index (χ0v) is 10.9. The second kappa shape index (κ2) is 5.46. The monoisotopic (exact) mass is 274 g/mol. The van der Waals surface area contributed by atoms with Crippen LogP contribution in [-0.2, 0) is 4.74 Å². The number of nitrogens with zero attached hydrogens (tertiary/aromatic N) is 2. The van der Waals surface area contributed by atoms with Crippen LogP contribution in [0.4, 0.5) is 10.2 Å². The molecule has 3 rings (SSSR count). The minimum atomic E-state index is -0.333. The van der Waals surface area contributed by atoms with E-state index in [1.165, 1.54) is 0 Å². The van der Waals surface area contributed by atoms with Crippen LogP contribution in [0.5, 0.6) is 5.75 Å². The van der Waals surface area contributed by atoms with Gasteiger partial charge in [0.05, 0.1) is 13.2 Å². The Balaban J connectivity index is 1.98. The Labute approximate surface area is 116 Å². The molecular formula is C15H15FN2O2. The van der Waals surface area contributed by atoms with Crippen LogP contribution in [0.3, 0.4) is 0 Å². The predicted molar refractivity (Wildman–Crippen MR) is 74.3 cm³/mol. The largest absolute Gasteiger partial charge is 0.508 e. The van der Waals surface area contributed by atoms with Gasteiger partial charge < -0.3 is 14.7 Å². The van der Waals surface area contributed by atoms with Crippen molar-refractivity contribution < 1.29 is 14.2 Å². The van der Waals surface area contributed by atoms with E-state index in [1.807, 2.05) is 4.90 Å². The van der Waals surface area contributed by atoms with Crippen LogP contribution in [0.25, 0.3) is 11.1 Å². The van der Waals surface area contributed by atoms with Gasteiger partial charge in [0.1, 0.15) is 5.75 Å². The molecule has 4 nitrogen and oxygen atoms in total. The summed E-state index contributed by atoms with van der Waals surface area (Å²) in [5.74, 6) is 0.190. The number of aromatic nitrogens is 1. The normalized spacial score (nSPS) is 15.3. The van der Waals surface area contributed by atoms with Crippen molar-refractivity contribution in [3.05, 3.63) is 42.3 Å². The Morgan fingerprint density at radius 1 is 1.10 bits per heavy atom. The molecule has 1 aliphatic heterocycles. The van der Waals surface area contributed by atoms with E-state index in [9.17, 15) is 9.50 Å². The highest BCUT2D eigenvalue weighted by Crippen LogP contribution is 2.29. The number of pyridine rings is 1. The Hall–Kier alpha value is -2.14. The Morgan fingerprint density at radius 2 is 1.80 bits per heavy atom. The van der Waals surface area contributed by atoms with Crippen LogP contribution in [0, 0.1) is 5.82 Å². The Bertz CT molecular complexity index is 595. The molecule has 0 atom stereocenters. The fourth-order valence-corrected chi connectivity index (χ4v) is 2.29. The molecule has 1 N–H and O–H groups in total. The quantitative estimate of drug-likeness (QED) is 0.913. The molecule has 104 valence electrons. The minimum absolute atomic E-state index is 0.164. The molecule has 1 aliphatic rings. The summed E-state index contributed by atoms with van der Waals surface area (Å²) in [6, 6.07) is 8.12. The van der Waals surface area contributed by atoms with E-state index in [0.29, 0.717) is 37.7 Å². The lowest BCUT2D eigenvalue weighted by molar-refractivity contribution is 0.122. The number of hydrogen-bond donors (Lipinski definition) is 1. The first-order valence-electron chi connectivity index (χ1n) is 6.52. The molecule has 1 aromatic heterocycles. The van der Waals surface area contributed by atoms with Gasteiger partial charge >= 0.3 is 0 Å². The van der Waals surface area contributed by atoms with Gasteiger partial charge in [-0.25, -0.2) is 9.37 Å². The van der Waals surface area contributed by atoms with Crippen LogP contribution < -0.4 is 4.90 Å². The third-order valence-corrected chi connectivity index (χ3v) is 3.36. The summed E-state index contributed by atoms with van der Waals surface area (Å²) >= 11 is 0. The van der Waals surface area contributed by atoms with E-state index in [4.69, 9.17) is 4.74 Å². The van der Waals surface area contributed by atoms with E-state index >= 15 is 0 Å². The van der Waals surface area contributed by atoms with Gasteiger partial charge in [0.2, 0.25) is 0 Å². The van der Waals surface area contributed by atoms with Crippen molar-refractivity contribution in [2.24, 2.45) is 0 Å². The highest BCUT2D eigenvalue weighted by molar-refractivity contribution is 5.68. The molecule has 0 bridgehead atoms. The summed E-state index contributed by atoms with van der Waals surface area (Å²) in [5, 5.41) is 9.30. The van der Waals surface area contributed by atoms with Crippen molar-refractivity contribution in [1.29, 1.82) is 0 Å². The lowest BCUT2D eigenvalue weighted by Crippen LogP contribution is -2.37. The van der Waals surface area contributed by atoms with E-state index in [-0.39, 0.29) is 11.6 Å². The number of ether oxygens (including phenoxy) is 1. The lowest BCUT2D eigenvalue weighted by atomic mass is 10.1. The SMILES string of the molecule is Oc1ccc(-c2ccnc(N3CCOCC3)c2F)cc1. The van der Waals surface area contributed by atoms with Gasteiger partial charge in [0.15, 0.2) is 11.6 Å². The first kappa shape index (κ1) is 12.9. The number of hydrogen-bond acceptors (Lipinski definition) is 4. The third-order valence-electron chi connectivity index (χ3n) is 3.36. The summed E-state index contributed by atoms with van der Waals surface area (Å²) in [4.78, 5) is 6.04. The second-order valence-corrected chi connectivity index (χ2v) is 4.64. The molecular weight excluding hydrogens is 259 g/mol. The van der Waals surface area contributed by atoms with Gasteiger partial charge in [-0.05, 0) is 23.8 Å². The average Bonchev–Trinajstić information content (AvgIpc) is 2.49. The van der Waals surface area contributed by atoms with Gasteiger partial charge in [0.25, 0.3) is 0 Å². The van der Waals surface area contributed by atoms with Crippen molar-refractivity contribution >= 4 is 5.82 Å². The van der Waals surface area contributed by atoms with Crippen LogP contribution in [0.1, 0.15) is 0 Å². The topological polar surface area (TPSA) is 45.6 Å². The molecule has 1 aromatic carbocycles. The molecule has 5 heteroatoms. The maximum Gasteiger partial charge on any atom is 0.173 e. The number of rotatable bonds is 2. The maximum absolute atomic E-state index is 14.6. The van der Waals surface area contributed by atoms with E-state index in [2.05, 4.69) is 4.98 Å². The number of phenols is 1. The molecule has 1 fully saturated rings. The van der Waals surface area contributed by atoms with Crippen LogP contribution >= 0.6 is 0 Å². The third kappa shape index (κ3) is 2.44. The number of morpholine rings is 1. The number of anilines is 1. The maximum atomic E-state index is 14.6. The number of benzene rings is 1. The van der Waals surface area contributed by atoms with Gasteiger partial charge in [-0.15, -0.1) is 0 Å². The van der Waals surface area contributed by atoms with Crippen LogP contribution in [0.15, 0.2) is 36.5 Å². The summed E-state index contributed by atoms with van der Waals surface area (Å²) in [7, 11) is 0. The predicted octanol–water partition coefficient (Wildman–Crippen LogP) is 2.43. The molecule has 0 radical (unpaired) electrons. The summed E-state index contributed by atoms with van der Waals surface area (Å²) in [6.07, 6.45) is 1.61. The van der Waals surface area contributed by atoms with Crippen molar-refractivity contribution in [1.82, 2.24) is 4.98 Å². The van der Waals surface area contributed by atoms with Gasteiger partial charge in [-0.1, -0.05) is 12.1 Å². The average molecular weight is 274 g/mol. The van der Waals surface area contributed by atoms with Crippen molar-refractivity contribution in [2.75, 3.05) is 31.2 Å². The van der Waals surface area contributed by atoms with Crippen molar-refractivity contribution in [3.8, 4) is 16.9 Å². The summed E-state index contributed by atoms with van der Waals surface area (Å²) in [5.41, 5.74) is 1.21. The zero-order chi connectivity index (χ0) is 13.9. The first-order valence-corrected chi connectivity index (χ1v) is 6.52. The fraction of sp³-hybridized carbons (Fsp3) is 0.267. The highest BCUT2D eigenvalue weighted by Gasteiger charge is 2.19. The number of halogens is 1. The highest BCUT2D eigenvalue weighted by atomic mass is 19.1.